The molecular weight excluding hydrogens is 769 g/mol. The van der Waals surface area contributed by atoms with Gasteiger partial charge in [-0.3, -0.25) is 14.4 Å². The van der Waals surface area contributed by atoms with Gasteiger partial charge in [-0.1, -0.05) is 272 Å². The molecule has 0 spiro atoms. The van der Waals surface area contributed by atoms with Gasteiger partial charge in [-0.05, 0) is 31.1 Å². The lowest BCUT2D eigenvalue weighted by atomic mass is 9.99. The molecule has 2 atom stereocenters. The maximum atomic E-state index is 12.8. The number of ether oxygens (including phenoxy) is 3. The van der Waals surface area contributed by atoms with Crippen molar-refractivity contribution in [1.82, 2.24) is 0 Å². The number of unbranched alkanes of at least 4 members (excludes halogenated alkanes) is 34. The second-order valence-corrected chi connectivity index (χ2v) is 19.9. The van der Waals surface area contributed by atoms with E-state index in [0.717, 1.165) is 69.6 Å². The molecule has 0 heterocycles. The third-order valence-electron chi connectivity index (χ3n) is 13.1. The third kappa shape index (κ3) is 47.9. The predicted octanol–water partition coefficient (Wildman–Crippen LogP) is 18.1. The first-order valence-electron chi connectivity index (χ1n) is 27.8. The molecule has 0 fully saturated rings. The molecule has 6 nitrogen and oxygen atoms in total. The average Bonchev–Trinajstić information content (AvgIpc) is 3.26. The van der Waals surface area contributed by atoms with E-state index in [1.165, 1.54) is 199 Å². The molecule has 0 saturated carbocycles. The Morgan fingerprint density at radius 3 is 0.919 bits per heavy atom. The average molecular weight is 877 g/mol. The summed E-state index contributed by atoms with van der Waals surface area (Å²) in [5.74, 6) is 0.830. The minimum atomic E-state index is -0.763. The molecule has 368 valence electrons. The summed E-state index contributed by atoms with van der Waals surface area (Å²) in [6.07, 6.45) is 50.9. The fourth-order valence-corrected chi connectivity index (χ4v) is 8.49. The van der Waals surface area contributed by atoms with E-state index in [1.54, 1.807) is 0 Å². The Morgan fingerprint density at radius 2 is 0.613 bits per heavy atom. The molecule has 0 aromatic carbocycles. The van der Waals surface area contributed by atoms with Gasteiger partial charge in [0, 0.05) is 19.3 Å². The van der Waals surface area contributed by atoms with Gasteiger partial charge in [-0.25, -0.2) is 0 Å². The van der Waals surface area contributed by atoms with Crippen LogP contribution in [-0.4, -0.2) is 37.2 Å². The molecule has 62 heavy (non-hydrogen) atoms. The van der Waals surface area contributed by atoms with Crippen LogP contribution in [0.2, 0.25) is 0 Å². The fraction of sp³-hybridized carbons (Fsp3) is 0.946. The molecule has 0 N–H and O–H groups in total. The number of hydrogen-bond donors (Lipinski definition) is 0. The van der Waals surface area contributed by atoms with Crippen molar-refractivity contribution in [2.24, 2.45) is 11.8 Å². The maximum Gasteiger partial charge on any atom is 0.306 e. The maximum absolute atomic E-state index is 12.8. The number of rotatable bonds is 50. The predicted molar refractivity (Wildman–Crippen MR) is 266 cm³/mol. The molecule has 0 aliphatic rings. The fourth-order valence-electron chi connectivity index (χ4n) is 8.49. The van der Waals surface area contributed by atoms with Crippen LogP contribution < -0.4 is 0 Å². The highest BCUT2D eigenvalue weighted by Gasteiger charge is 2.19. The molecular formula is C56H108O6. The summed E-state index contributed by atoms with van der Waals surface area (Å²) in [5.41, 5.74) is 0. The lowest BCUT2D eigenvalue weighted by molar-refractivity contribution is -0.167. The summed E-state index contributed by atoms with van der Waals surface area (Å²) in [5, 5.41) is 0. The number of esters is 3. The van der Waals surface area contributed by atoms with Crippen LogP contribution in [0.25, 0.3) is 0 Å². The van der Waals surface area contributed by atoms with E-state index in [-0.39, 0.29) is 31.1 Å². The largest absolute Gasteiger partial charge is 0.462 e. The van der Waals surface area contributed by atoms with Crippen molar-refractivity contribution >= 4 is 17.9 Å². The molecule has 0 amide bonds. The smallest absolute Gasteiger partial charge is 0.306 e. The lowest BCUT2D eigenvalue weighted by Crippen LogP contribution is -2.30. The molecule has 0 aromatic rings. The topological polar surface area (TPSA) is 78.9 Å². The highest BCUT2D eigenvalue weighted by molar-refractivity contribution is 5.71. The first kappa shape index (κ1) is 60.4. The second-order valence-electron chi connectivity index (χ2n) is 19.9. The van der Waals surface area contributed by atoms with Gasteiger partial charge in [0.05, 0.1) is 0 Å². The van der Waals surface area contributed by atoms with Gasteiger partial charge in [0.15, 0.2) is 6.10 Å². The van der Waals surface area contributed by atoms with Crippen LogP contribution in [0, 0.1) is 11.8 Å². The van der Waals surface area contributed by atoms with Crippen molar-refractivity contribution in [2.75, 3.05) is 13.2 Å². The molecule has 0 aliphatic heterocycles. The Labute approximate surface area is 387 Å². The van der Waals surface area contributed by atoms with E-state index < -0.39 is 6.10 Å². The third-order valence-corrected chi connectivity index (χ3v) is 13.1. The van der Waals surface area contributed by atoms with Crippen LogP contribution in [0.1, 0.15) is 311 Å². The normalized spacial score (nSPS) is 12.5. The monoisotopic (exact) mass is 877 g/mol. The van der Waals surface area contributed by atoms with Gasteiger partial charge in [0.25, 0.3) is 0 Å². The van der Waals surface area contributed by atoms with Crippen LogP contribution >= 0.6 is 0 Å². The SMILES string of the molecule is CCCCCCCCCCCCCCCCCCCCC(=O)O[C@H](COC(=O)CCCCCCCCCCCCCC(C)C)COC(=O)CCCCCCCCCCC(C)CC. The van der Waals surface area contributed by atoms with Gasteiger partial charge in [0.1, 0.15) is 13.2 Å². The highest BCUT2D eigenvalue weighted by atomic mass is 16.6. The molecule has 0 aromatic heterocycles. The van der Waals surface area contributed by atoms with Crippen LogP contribution in [0.15, 0.2) is 0 Å². The minimum Gasteiger partial charge on any atom is -0.462 e. The Kier molecular flexibility index (Phi) is 47.6. The molecule has 0 radical (unpaired) electrons. The molecule has 0 saturated heterocycles. The zero-order chi connectivity index (χ0) is 45.4. The van der Waals surface area contributed by atoms with Gasteiger partial charge in [-0.15, -0.1) is 0 Å². The molecule has 1 unspecified atom stereocenters. The Bertz CT molecular complexity index is 949. The highest BCUT2D eigenvalue weighted by Crippen LogP contribution is 2.18. The van der Waals surface area contributed by atoms with Crippen LogP contribution in [0.5, 0.6) is 0 Å². The van der Waals surface area contributed by atoms with E-state index >= 15 is 0 Å². The van der Waals surface area contributed by atoms with E-state index in [1.807, 2.05) is 0 Å². The summed E-state index contributed by atoms with van der Waals surface area (Å²) in [6.45, 7) is 11.4. The van der Waals surface area contributed by atoms with Crippen LogP contribution in [0.4, 0.5) is 0 Å². The molecule has 0 aliphatic carbocycles. The standard InChI is InChI=1S/C56H108O6/c1-6-8-9-10-11-12-13-14-15-16-17-18-19-22-26-33-38-43-48-56(59)62-53(50-61-55(58)47-42-37-32-28-27-30-35-40-45-52(5)7-2)49-60-54(57)46-41-36-31-25-23-20-21-24-29-34-39-44-51(3)4/h51-53H,6-50H2,1-5H3/t52?,53-/m1/s1. The van der Waals surface area contributed by atoms with Crippen molar-refractivity contribution in [3.05, 3.63) is 0 Å². The minimum absolute atomic E-state index is 0.0637. The van der Waals surface area contributed by atoms with E-state index in [4.69, 9.17) is 14.2 Å². The molecule has 0 rings (SSSR count). The first-order valence-corrected chi connectivity index (χ1v) is 27.8. The van der Waals surface area contributed by atoms with Gasteiger partial charge < -0.3 is 14.2 Å². The van der Waals surface area contributed by atoms with E-state index in [9.17, 15) is 14.4 Å². The quantitative estimate of drug-likeness (QED) is 0.0344. The van der Waals surface area contributed by atoms with Crippen LogP contribution in [-0.2, 0) is 28.6 Å². The number of carbonyl (C=O) groups excluding carboxylic acids is 3. The van der Waals surface area contributed by atoms with Gasteiger partial charge >= 0.3 is 17.9 Å². The summed E-state index contributed by atoms with van der Waals surface area (Å²) in [6, 6.07) is 0. The summed E-state index contributed by atoms with van der Waals surface area (Å²) in [7, 11) is 0. The van der Waals surface area contributed by atoms with Crippen molar-refractivity contribution in [3.8, 4) is 0 Å². The lowest BCUT2D eigenvalue weighted by Gasteiger charge is -2.18. The number of hydrogen-bond acceptors (Lipinski definition) is 6. The van der Waals surface area contributed by atoms with Gasteiger partial charge in [-0.2, -0.15) is 0 Å². The summed E-state index contributed by atoms with van der Waals surface area (Å²) >= 11 is 0. The van der Waals surface area contributed by atoms with Crippen molar-refractivity contribution < 1.29 is 28.6 Å². The Morgan fingerprint density at radius 1 is 0.339 bits per heavy atom. The molecule has 6 heteroatoms. The van der Waals surface area contributed by atoms with E-state index in [2.05, 4.69) is 34.6 Å². The summed E-state index contributed by atoms with van der Waals surface area (Å²) in [4.78, 5) is 38.0. The first-order chi connectivity index (χ1) is 30.3. The Balaban J connectivity index is 4.30. The van der Waals surface area contributed by atoms with Crippen molar-refractivity contribution in [2.45, 2.75) is 317 Å². The number of carbonyl (C=O) groups is 3. The zero-order valence-electron chi connectivity index (χ0n) is 42.5. The van der Waals surface area contributed by atoms with Crippen molar-refractivity contribution in [3.63, 3.8) is 0 Å². The van der Waals surface area contributed by atoms with Crippen LogP contribution in [0.3, 0.4) is 0 Å². The Hall–Kier alpha value is -1.59. The van der Waals surface area contributed by atoms with Crippen molar-refractivity contribution in [1.29, 1.82) is 0 Å². The van der Waals surface area contributed by atoms with Gasteiger partial charge in [0.2, 0.25) is 0 Å². The second kappa shape index (κ2) is 48.9. The van der Waals surface area contributed by atoms with E-state index in [0.29, 0.717) is 19.3 Å². The zero-order valence-corrected chi connectivity index (χ0v) is 42.5. The summed E-state index contributed by atoms with van der Waals surface area (Å²) < 4.78 is 16.9. The molecule has 0 bridgehead atoms.